The third kappa shape index (κ3) is 2.59. The van der Waals surface area contributed by atoms with Crippen molar-refractivity contribution in [2.75, 3.05) is 25.4 Å². The Morgan fingerprint density at radius 3 is 2.12 bits per heavy atom. The van der Waals surface area contributed by atoms with Crippen molar-refractivity contribution in [2.45, 2.75) is 52.4 Å². The van der Waals surface area contributed by atoms with E-state index in [2.05, 4.69) is 31.4 Å². The fourth-order valence-electron chi connectivity index (χ4n) is 3.12. The van der Waals surface area contributed by atoms with Gasteiger partial charge >= 0.3 is 0 Å². The molecule has 1 saturated carbocycles. The lowest BCUT2D eigenvalue weighted by atomic mass is 9.69. The van der Waals surface area contributed by atoms with Gasteiger partial charge in [-0.3, -0.25) is 0 Å². The molecule has 0 amide bonds. The molecule has 0 spiro atoms. The van der Waals surface area contributed by atoms with Crippen LogP contribution in [0.2, 0.25) is 0 Å². The Balaban J connectivity index is 1.81. The Bertz CT molecular complexity index is 221. The molecule has 0 atom stereocenters. The molecular formula is C14H27NS. The topological polar surface area (TPSA) is 3.24 Å². The summed E-state index contributed by atoms with van der Waals surface area (Å²) in [7, 11) is 0. The molecule has 0 aromatic carbocycles. The number of piperidine rings is 1. The number of hydrogen-bond donors (Lipinski definition) is 1. The van der Waals surface area contributed by atoms with Crippen molar-refractivity contribution in [3.8, 4) is 0 Å². The van der Waals surface area contributed by atoms with E-state index >= 15 is 0 Å². The molecule has 16 heavy (non-hydrogen) atoms. The van der Waals surface area contributed by atoms with Crippen LogP contribution in [0.4, 0.5) is 0 Å². The van der Waals surface area contributed by atoms with E-state index in [0.29, 0.717) is 10.8 Å². The minimum Gasteiger partial charge on any atom is -0.303 e. The van der Waals surface area contributed by atoms with E-state index in [1.165, 1.54) is 58.2 Å². The summed E-state index contributed by atoms with van der Waals surface area (Å²) in [6, 6.07) is 0. The van der Waals surface area contributed by atoms with Crippen LogP contribution in [-0.2, 0) is 0 Å². The van der Waals surface area contributed by atoms with Gasteiger partial charge in [-0.25, -0.2) is 0 Å². The highest BCUT2D eigenvalue weighted by atomic mass is 32.1. The van der Waals surface area contributed by atoms with Crippen LogP contribution in [-0.4, -0.2) is 30.3 Å². The van der Waals surface area contributed by atoms with Gasteiger partial charge in [0.05, 0.1) is 0 Å². The van der Waals surface area contributed by atoms with Crippen LogP contribution in [0.15, 0.2) is 0 Å². The molecular weight excluding hydrogens is 214 g/mol. The summed E-state index contributed by atoms with van der Waals surface area (Å²) in [5.74, 6) is 1.09. The van der Waals surface area contributed by atoms with Crippen LogP contribution < -0.4 is 0 Å². The Morgan fingerprint density at radius 1 is 1.12 bits per heavy atom. The van der Waals surface area contributed by atoms with Gasteiger partial charge < -0.3 is 4.90 Å². The first-order valence-corrected chi connectivity index (χ1v) is 7.58. The third-order valence-corrected chi connectivity index (χ3v) is 5.90. The second kappa shape index (κ2) is 4.89. The van der Waals surface area contributed by atoms with Gasteiger partial charge in [-0.2, -0.15) is 12.6 Å². The van der Waals surface area contributed by atoms with Crippen molar-refractivity contribution in [1.82, 2.24) is 4.90 Å². The molecule has 0 aromatic rings. The summed E-state index contributed by atoms with van der Waals surface area (Å²) < 4.78 is 0. The number of nitrogens with zero attached hydrogens (tertiary/aromatic N) is 1. The van der Waals surface area contributed by atoms with Crippen LogP contribution in [0.5, 0.6) is 0 Å². The van der Waals surface area contributed by atoms with E-state index < -0.39 is 0 Å². The average Bonchev–Trinajstić information content (AvgIpc) is 2.26. The van der Waals surface area contributed by atoms with Gasteiger partial charge in [-0.1, -0.05) is 26.7 Å². The average molecular weight is 241 g/mol. The van der Waals surface area contributed by atoms with Gasteiger partial charge in [0.25, 0.3) is 0 Å². The van der Waals surface area contributed by atoms with Gasteiger partial charge in [0, 0.05) is 6.54 Å². The molecule has 2 heteroatoms. The number of likely N-dealkylation sites (tertiary alicyclic amines) is 1. The minimum atomic E-state index is 0.586. The van der Waals surface area contributed by atoms with Gasteiger partial charge in [-0.15, -0.1) is 0 Å². The van der Waals surface area contributed by atoms with Gasteiger partial charge in [-0.05, 0) is 55.4 Å². The molecule has 1 saturated heterocycles. The molecule has 0 aromatic heterocycles. The summed E-state index contributed by atoms with van der Waals surface area (Å²) in [5, 5.41) is 0. The second-order valence-corrected chi connectivity index (χ2v) is 6.77. The van der Waals surface area contributed by atoms with Crippen LogP contribution in [0.1, 0.15) is 52.4 Å². The lowest BCUT2D eigenvalue weighted by Gasteiger charge is -2.47. The minimum absolute atomic E-state index is 0.586. The van der Waals surface area contributed by atoms with E-state index in [1.54, 1.807) is 0 Å². The Labute approximate surface area is 106 Å². The second-order valence-electron chi connectivity index (χ2n) is 6.45. The van der Waals surface area contributed by atoms with Crippen LogP contribution in [0.25, 0.3) is 0 Å². The van der Waals surface area contributed by atoms with E-state index in [9.17, 15) is 0 Å². The van der Waals surface area contributed by atoms with E-state index in [0.717, 1.165) is 5.75 Å². The molecule has 2 fully saturated rings. The maximum absolute atomic E-state index is 4.56. The van der Waals surface area contributed by atoms with E-state index in [-0.39, 0.29) is 0 Å². The molecule has 1 aliphatic carbocycles. The molecule has 0 unspecified atom stereocenters. The van der Waals surface area contributed by atoms with E-state index in [4.69, 9.17) is 0 Å². The van der Waals surface area contributed by atoms with Gasteiger partial charge in [0.1, 0.15) is 0 Å². The van der Waals surface area contributed by atoms with Crippen molar-refractivity contribution < 1.29 is 0 Å². The van der Waals surface area contributed by atoms with Crippen LogP contribution >= 0.6 is 12.6 Å². The van der Waals surface area contributed by atoms with Gasteiger partial charge in [0.2, 0.25) is 0 Å². The van der Waals surface area contributed by atoms with Crippen LogP contribution in [0.3, 0.4) is 0 Å². The quantitative estimate of drug-likeness (QED) is 0.736. The SMILES string of the molecule is CCC1(C)CCN(CC2(CS)CCC2)CC1. The van der Waals surface area contributed by atoms with Crippen molar-refractivity contribution in [1.29, 1.82) is 0 Å². The first-order valence-electron chi connectivity index (χ1n) is 6.95. The van der Waals surface area contributed by atoms with Crippen molar-refractivity contribution >= 4 is 12.6 Å². The zero-order valence-electron chi connectivity index (χ0n) is 11.0. The van der Waals surface area contributed by atoms with Crippen LogP contribution in [0, 0.1) is 10.8 Å². The van der Waals surface area contributed by atoms with Crippen molar-refractivity contribution in [3.63, 3.8) is 0 Å². The molecule has 2 aliphatic rings. The predicted octanol–water partition coefficient (Wildman–Crippen LogP) is 3.60. The van der Waals surface area contributed by atoms with Crippen molar-refractivity contribution in [2.24, 2.45) is 10.8 Å². The smallest absolute Gasteiger partial charge is 0.00458 e. The number of hydrogen-bond acceptors (Lipinski definition) is 2. The fraction of sp³-hybridized carbons (Fsp3) is 1.00. The predicted molar refractivity (Wildman–Crippen MR) is 74.2 cm³/mol. The highest BCUT2D eigenvalue weighted by Gasteiger charge is 2.38. The maximum Gasteiger partial charge on any atom is 0.00458 e. The largest absolute Gasteiger partial charge is 0.303 e. The molecule has 94 valence electrons. The highest BCUT2D eigenvalue weighted by molar-refractivity contribution is 7.80. The number of thiol groups is 1. The van der Waals surface area contributed by atoms with Crippen molar-refractivity contribution in [3.05, 3.63) is 0 Å². The molecule has 0 bridgehead atoms. The summed E-state index contributed by atoms with van der Waals surface area (Å²) in [5.41, 5.74) is 1.22. The Kier molecular flexibility index (Phi) is 3.90. The Hall–Kier alpha value is 0.310. The lowest BCUT2D eigenvalue weighted by Crippen LogP contribution is -2.47. The summed E-state index contributed by atoms with van der Waals surface area (Å²) in [4.78, 5) is 2.70. The summed E-state index contributed by atoms with van der Waals surface area (Å²) >= 11 is 4.56. The first kappa shape index (κ1) is 12.8. The molecule has 0 N–H and O–H groups in total. The monoisotopic (exact) mass is 241 g/mol. The molecule has 1 aliphatic heterocycles. The van der Waals surface area contributed by atoms with Gasteiger partial charge in [0.15, 0.2) is 0 Å². The number of rotatable bonds is 4. The molecule has 1 heterocycles. The first-order chi connectivity index (χ1) is 7.61. The highest BCUT2D eigenvalue weighted by Crippen LogP contribution is 2.43. The summed E-state index contributed by atoms with van der Waals surface area (Å²) in [6.07, 6.45) is 8.40. The fourth-order valence-corrected chi connectivity index (χ4v) is 3.54. The lowest BCUT2D eigenvalue weighted by molar-refractivity contribution is 0.0450. The molecule has 2 rings (SSSR count). The third-order valence-electron chi connectivity index (χ3n) is 5.23. The molecule has 0 radical (unpaired) electrons. The zero-order valence-corrected chi connectivity index (χ0v) is 11.9. The molecule has 1 nitrogen and oxygen atoms in total. The Morgan fingerprint density at radius 2 is 1.75 bits per heavy atom. The normalized spacial score (nSPS) is 28.7. The van der Waals surface area contributed by atoms with E-state index in [1.807, 2.05) is 0 Å². The maximum atomic E-state index is 4.56. The standard InChI is InChI=1S/C14H27NS/c1-3-13(2)7-9-15(10-8-13)11-14(12-16)5-4-6-14/h16H,3-12H2,1-2H3. The summed E-state index contributed by atoms with van der Waals surface area (Å²) in [6.45, 7) is 8.76. The zero-order chi connectivity index (χ0) is 11.6.